The first kappa shape index (κ1) is 25.1. The van der Waals surface area contributed by atoms with Gasteiger partial charge in [-0.05, 0) is 55.3 Å². The first-order chi connectivity index (χ1) is 17.6. The maximum Gasteiger partial charge on any atom is 0.234 e. The van der Waals surface area contributed by atoms with Crippen LogP contribution < -0.4 is 20.1 Å². The van der Waals surface area contributed by atoms with E-state index in [-0.39, 0.29) is 11.2 Å². The van der Waals surface area contributed by atoms with Crippen LogP contribution >= 0.6 is 11.8 Å². The van der Waals surface area contributed by atoms with Crippen molar-refractivity contribution in [3.8, 4) is 17.2 Å². The number of nitrogens with one attached hydrogen (secondary N) is 2. The molecule has 0 radical (unpaired) electrons. The highest BCUT2D eigenvalue weighted by Crippen LogP contribution is 2.30. The summed E-state index contributed by atoms with van der Waals surface area (Å²) in [5, 5.41) is 15.3. The molecule has 0 bridgehead atoms. The average molecular weight is 504 g/mol. The Labute approximate surface area is 215 Å². The zero-order chi connectivity index (χ0) is 25.3. The van der Waals surface area contributed by atoms with E-state index in [9.17, 15) is 4.79 Å². The molecule has 3 aromatic carbocycles. The van der Waals surface area contributed by atoms with Crippen LogP contribution in [-0.2, 0) is 11.2 Å². The number of carbonyl (C=O) groups excluding carboxylic acids is 1. The predicted molar refractivity (Wildman–Crippen MR) is 143 cm³/mol. The van der Waals surface area contributed by atoms with Crippen molar-refractivity contribution >= 4 is 29.3 Å². The summed E-state index contributed by atoms with van der Waals surface area (Å²) in [4.78, 5) is 12.9. The van der Waals surface area contributed by atoms with Crippen LogP contribution in [0.5, 0.6) is 11.5 Å². The molecular weight excluding hydrogens is 474 g/mol. The van der Waals surface area contributed by atoms with Crippen LogP contribution in [0.25, 0.3) is 5.69 Å². The molecule has 9 heteroatoms. The Morgan fingerprint density at radius 3 is 2.33 bits per heavy atom. The molecule has 0 aliphatic heterocycles. The Balaban J connectivity index is 1.42. The van der Waals surface area contributed by atoms with Gasteiger partial charge in [-0.1, -0.05) is 54.2 Å². The number of aromatic nitrogens is 3. The van der Waals surface area contributed by atoms with Gasteiger partial charge in [0.25, 0.3) is 0 Å². The number of amides is 1. The summed E-state index contributed by atoms with van der Waals surface area (Å²) in [5.41, 5.74) is 2.86. The van der Waals surface area contributed by atoms with Crippen LogP contribution in [0.4, 0.5) is 11.6 Å². The maximum atomic E-state index is 12.9. The molecule has 186 valence electrons. The summed E-state index contributed by atoms with van der Waals surface area (Å²) in [6.07, 6.45) is 0.675. The van der Waals surface area contributed by atoms with E-state index in [1.165, 1.54) is 11.8 Å². The molecule has 4 aromatic rings. The minimum atomic E-state index is -0.369. The summed E-state index contributed by atoms with van der Waals surface area (Å²) in [7, 11) is 3.22. The molecule has 1 aromatic heterocycles. The van der Waals surface area contributed by atoms with Crippen molar-refractivity contribution in [2.75, 3.05) is 26.1 Å². The summed E-state index contributed by atoms with van der Waals surface area (Å²) in [5.74, 6) is 1.86. The highest BCUT2D eigenvalue weighted by atomic mass is 32.2. The van der Waals surface area contributed by atoms with Gasteiger partial charge >= 0.3 is 0 Å². The number of nitrogens with zero attached hydrogens (tertiary/aromatic N) is 3. The Morgan fingerprint density at radius 1 is 0.944 bits per heavy atom. The molecule has 36 heavy (non-hydrogen) atoms. The van der Waals surface area contributed by atoms with Gasteiger partial charge in [0, 0.05) is 12.2 Å². The standard InChI is InChI=1S/C27H29N5O3S/c1-19(25(33)28-17-16-20-14-15-23(34-2)24(18-20)35-3)36-27-31-30-26(29-21-10-6-4-7-11-21)32(27)22-12-8-5-9-13-22/h4-15,18-19H,16-17H2,1-3H3,(H,28,33)(H,29,30)/t19-/m0/s1. The second kappa shape index (κ2) is 12.1. The molecule has 0 aliphatic rings. The number of benzene rings is 3. The van der Waals surface area contributed by atoms with Crippen molar-refractivity contribution in [3.63, 3.8) is 0 Å². The minimum absolute atomic E-state index is 0.0688. The number of hydrogen-bond acceptors (Lipinski definition) is 7. The van der Waals surface area contributed by atoms with Crippen LogP contribution in [0, 0.1) is 0 Å². The van der Waals surface area contributed by atoms with Crippen molar-refractivity contribution in [2.45, 2.75) is 23.8 Å². The van der Waals surface area contributed by atoms with E-state index in [0.717, 1.165) is 16.9 Å². The highest BCUT2D eigenvalue weighted by molar-refractivity contribution is 8.00. The number of methoxy groups -OCH3 is 2. The van der Waals surface area contributed by atoms with Crippen LogP contribution in [0.15, 0.2) is 84.0 Å². The van der Waals surface area contributed by atoms with Crippen molar-refractivity contribution < 1.29 is 14.3 Å². The number of thioether (sulfide) groups is 1. The molecule has 8 nitrogen and oxygen atoms in total. The van der Waals surface area contributed by atoms with E-state index < -0.39 is 0 Å². The molecule has 0 unspecified atom stereocenters. The van der Waals surface area contributed by atoms with E-state index in [0.29, 0.717) is 35.6 Å². The molecule has 0 saturated carbocycles. The number of anilines is 2. The molecule has 0 aliphatic carbocycles. The molecule has 4 rings (SSSR count). The molecule has 0 saturated heterocycles. The van der Waals surface area contributed by atoms with Gasteiger partial charge in [-0.15, -0.1) is 10.2 Å². The zero-order valence-electron chi connectivity index (χ0n) is 20.5. The topological polar surface area (TPSA) is 90.3 Å². The fourth-order valence-electron chi connectivity index (χ4n) is 3.61. The second-order valence-corrected chi connectivity index (χ2v) is 9.27. The van der Waals surface area contributed by atoms with Gasteiger partial charge in [0.2, 0.25) is 11.9 Å². The lowest BCUT2D eigenvalue weighted by molar-refractivity contribution is -0.120. The number of ether oxygens (including phenoxy) is 2. The SMILES string of the molecule is COc1ccc(CCNC(=O)[C@H](C)Sc2nnc(Nc3ccccc3)n2-c2ccccc2)cc1OC. The Morgan fingerprint density at radius 2 is 1.64 bits per heavy atom. The van der Waals surface area contributed by atoms with Gasteiger partial charge in [-0.25, -0.2) is 0 Å². The summed E-state index contributed by atoms with van der Waals surface area (Å²) < 4.78 is 12.6. The lowest BCUT2D eigenvalue weighted by atomic mass is 10.1. The molecule has 0 fully saturated rings. The monoisotopic (exact) mass is 503 g/mol. The molecule has 0 spiro atoms. The van der Waals surface area contributed by atoms with E-state index in [1.807, 2.05) is 90.4 Å². The largest absolute Gasteiger partial charge is 0.493 e. The Hall–Kier alpha value is -3.98. The summed E-state index contributed by atoms with van der Waals surface area (Å²) in [6, 6.07) is 25.4. The van der Waals surface area contributed by atoms with Gasteiger partial charge in [-0.3, -0.25) is 9.36 Å². The van der Waals surface area contributed by atoms with Crippen LogP contribution in [-0.4, -0.2) is 46.7 Å². The van der Waals surface area contributed by atoms with Crippen molar-refractivity contribution in [3.05, 3.63) is 84.4 Å². The fourth-order valence-corrected chi connectivity index (χ4v) is 4.50. The van der Waals surface area contributed by atoms with E-state index in [2.05, 4.69) is 20.8 Å². The third-order valence-corrected chi connectivity index (χ3v) is 6.53. The number of carbonyl (C=O) groups is 1. The summed E-state index contributed by atoms with van der Waals surface area (Å²) in [6.45, 7) is 2.37. The zero-order valence-corrected chi connectivity index (χ0v) is 21.3. The average Bonchev–Trinajstić information content (AvgIpc) is 3.31. The lowest BCUT2D eigenvalue weighted by Gasteiger charge is -2.14. The maximum absolute atomic E-state index is 12.9. The highest BCUT2D eigenvalue weighted by Gasteiger charge is 2.21. The molecule has 1 amide bonds. The Bertz CT molecular complexity index is 1280. The molecule has 1 atom stereocenters. The quantitative estimate of drug-likeness (QED) is 0.282. The Kier molecular flexibility index (Phi) is 8.46. The van der Waals surface area contributed by atoms with E-state index in [4.69, 9.17) is 9.47 Å². The fraction of sp³-hybridized carbons (Fsp3) is 0.222. The van der Waals surface area contributed by atoms with Crippen molar-refractivity contribution in [1.29, 1.82) is 0 Å². The number of hydrogen-bond donors (Lipinski definition) is 2. The normalized spacial score (nSPS) is 11.5. The van der Waals surface area contributed by atoms with E-state index in [1.54, 1.807) is 14.2 Å². The predicted octanol–water partition coefficient (Wildman–Crippen LogP) is 4.87. The van der Waals surface area contributed by atoms with Crippen molar-refractivity contribution in [2.24, 2.45) is 0 Å². The van der Waals surface area contributed by atoms with Gasteiger partial charge in [0.15, 0.2) is 16.7 Å². The van der Waals surface area contributed by atoms with E-state index >= 15 is 0 Å². The van der Waals surface area contributed by atoms with Crippen LogP contribution in [0.1, 0.15) is 12.5 Å². The van der Waals surface area contributed by atoms with Gasteiger partial charge in [0.05, 0.1) is 25.2 Å². The third-order valence-electron chi connectivity index (χ3n) is 5.49. The minimum Gasteiger partial charge on any atom is -0.493 e. The summed E-state index contributed by atoms with van der Waals surface area (Å²) >= 11 is 1.36. The lowest BCUT2D eigenvalue weighted by Crippen LogP contribution is -2.32. The van der Waals surface area contributed by atoms with Gasteiger partial charge in [-0.2, -0.15) is 0 Å². The smallest absolute Gasteiger partial charge is 0.234 e. The van der Waals surface area contributed by atoms with Crippen molar-refractivity contribution in [1.82, 2.24) is 20.1 Å². The number of para-hydroxylation sites is 2. The molecule has 1 heterocycles. The van der Waals surface area contributed by atoms with Crippen LogP contribution in [0.3, 0.4) is 0 Å². The van der Waals surface area contributed by atoms with Crippen LogP contribution in [0.2, 0.25) is 0 Å². The second-order valence-electron chi connectivity index (χ2n) is 7.96. The first-order valence-corrected chi connectivity index (χ1v) is 12.4. The third kappa shape index (κ3) is 6.17. The van der Waals surface area contributed by atoms with Gasteiger partial charge < -0.3 is 20.1 Å². The van der Waals surface area contributed by atoms with Gasteiger partial charge in [0.1, 0.15) is 0 Å². The first-order valence-electron chi connectivity index (χ1n) is 11.6. The number of rotatable bonds is 11. The molecule has 2 N–H and O–H groups in total. The molecular formula is C27H29N5O3S.